The molecule has 0 fully saturated rings. The quantitative estimate of drug-likeness (QED) is 0.480. The van der Waals surface area contributed by atoms with Crippen molar-refractivity contribution in [1.29, 1.82) is 0 Å². The number of rotatable bonds is 9. The first kappa shape index (κ1) is 22.9. The first-order valence-corrected chi connectivity index (χ1v) is 9.50. The number of esters is 2. The maximum Gasteiger partial charge on any atom is 0.328 e. The van der Waals surface area contributed by atoms with E-state index in [-0.39, 0.29) is 18.6 Å². The van der Waals surface area contributed by atoms with Crippen LogP contribution in [-0.4, -0.2) is 30.9 Å². The van der Waals surface area contributed by atoms with Crippen molar-refractivity contribution in [2.45, 2.75) is 59.8 Å². The Bertz CT molecular complexity index is 626. The molecule has 0 saturated heterocycles. The van der Waals surface area contributed by atoms with E-state index in [1.165, 1.54) is 0 Å². The van der Waals surface area contributed by atoms with Crippen molar-refractivity contribution in [2.24, 2.45) is 11.3 Å². The molecule has 0 aliphatic heterocycles. The van der Waals surface area contributed by atoms with Crippen LogP contribution in [0.1, 0.15) is 59.9 Å². The van der Waals surface area contributed by atoms with E-state index in [1.807, 2.05) is 30.3 Å². The molecule has 0 bridgehead atoms. The van der Waals surface area contributed by atoms with Gasteiger partial charge in [-0.05, 0) is 44.6 Å². The fourth-order valence-corrected chi connectivity index (χ4v) is 2.92. The van der Waals surface area contributed by atoms with E-state index in [1.54, 1.807) is 20.8 Å². The fraction of sp³-hybridized carbons (Fsp3) is 0.591. The Morgan fingerprint density at radius 1 is 0.852 bits per heavy atom. The van der Waals surface area contributed by atoms with Gasteiger partial charge in [0.05, 0.1) is 18.6 Å². The first-order valence-electron chi connectivity index (χ1n) is 9.50. The second kappa shape index (κ2) is 9.67. The lowest BCUT2D eigenvalue weighted by molar-refractivity contribution is -0.165. The monoisotopic (exact) mass is 376 g/mol. The maximum atomic E-state index is 13.5. The van der Waals surface area contributed by atoms with Gasteiger partial charge in [0, 0.05) is 0 Å². The third-order valence-electron chi connectivity index (χ3n) is 4.64. The maximum absolute atomic E-state index is 13.5. The summed E-state index contributed by atoms with van der Waals surface area (Å²) in [7, 11) is 0. The zero-order valence-electron chi connectivity index (χ0n) is 17.3. The summed E-state index contributed by atoms with van der Waals surface area (Å²) in [5, 5.41) is 0. The summed E-state index contributed by atoms with van der Waals surface area (Å²) in [4.78, 5) is 38.4. The zero-order valence-corrected chi connectivity index (χ0v) is 17.3. The second-order valence-corrected chi connectivity index (χ2v) is 8.06. The molecular formula is C22H32O5. The Kier molecular flexibility index (Phi) is 8.20. The lowest BCUT2D eigenvalue weighted by Gasteiger charge is -2.33. The third-order valence-corrected chi connectivity index (χ3v) is 4.64. The number of benzene rings is 1. The van der Waals surface area contributed by atoms with E-state index in [4.69, 9.17) is 9.47 Å². The number of carbonyl (C=O) groups is 3. The normalized spacial score (nSPS) is 13.7. The summed E-state index contributed by atoms with van der Waals surface area (Å²) in [5.41, 5.74) is -0.226. The van der Waals surface area contributed by atoms with Gasteiger partial charge in [-0.25, -0.2) is 0 Å². The van der Waals surface area contributed by atoms with Gasteiger partial charge in [0.15, 0.2) is 5.78 Å². The first-order chi connectivity index (χ1) is 12.6. The van der Waals surface area contributed by atoms with Crippen LogP contribution in [0, 0.1) is 11.3 Å². The standard InChI is InChI=1S/C22H32O5/c1-7-26-19(24)17(20(25)27-8-2)18(23)22(6,15-14-21(3,4)5)16-12-10-9-11-13-16/h9-13,17H,7-8,14-15H2,1-6H3/t22-/m1/s1. The summed E-state index contributed by atoms with van der Waals surface area (Å²) >= 11 is 0. The van der Waals surface area contributed by atoms with E-state index >= 15 is 0 Å². The van der Waals surface area contributed by atoms with Crippen molar-refractivity contribution in [3.63, 3.8) is 0 Å². The molecule has 0 aliphatic carbocycles. The molecule has 0 aliphatic rings. The fourth-order valence-electron chi connectivity index (χ4n) is 2.92. The molecule has 1 aromatic rings. The highest BCUT2D eigenvalue weighted by Crippen LogP contribution is 2.37. The van der Waals surface area contributed by atoms with Gasteiger partial charge in [-0.1, -0.05) is 51.1 Å². The number of ether oxygens (including phenoxy) is 2. The molecule has 0 N–H and O–H groups in total. The molecule has 1 aromatic carbocycles. The Hall–Kier alpha value is -2.17. The Labute approximate surface area is 162 Å². The highest BCUT2D eigenvalue weighted by molar-refractivity contribution is 6.18. The molecule has 0 radical (unpaired) electrons. The van der Waals surface area contributed by atoms with E-state index in [0.717, 1.165) is 12.0 Å². The predicted octanol–water partition coefficient (Wildman–Crippen LogP) is 4.08. The minimum atomic E-state index is -1.57. The topological polar surface area (TPSA) is 69.7 Å². The summed E-state index contributed by atoms with van der Waals surface area (Å²) in [6.45, 7) is 11.5. The number of ketones is 1. The summed E-state index contributed by atoms with van der Waals surface area (Å²) < 4.78 is 10.0. The molecule has 1 rings (SSSR count). The van der Waals surface area contributed by atoms with Crippen molar-refractivity contribution in [1.82, 2.24) is 0 Å². The lowest BCUT2D eigenvalue weighted by Crippen LogP contribution is -2.46. The predicted molar refractivity (Wildman–Crippen MR) is 104 cm³/mol. The van der Waals surface area contributed by atoms with Crippen LogP contribution in [0.15, 0.2) is 30.3 Å². The smallest absolute Gasteiger partial charge is 0.328 e. The van der Waals surface area contributed by atoms with Crippen molar-refractivity contribution in [3.8, 4) is 0 Å². The average Bonchev–Trinajstić information content (AvgIpc) is 2.60. The molecule has 0 saturated carbocycles. The van der Waals surface area contributed by atoms with Crippen LogP contribution in [0.5, 0.6) is 0 Å². The van der Waals surface area contributed by atoms with Crippen molar-refractivity contribution >= 4 is 17.7 Å². The number of hydrogen-bond donors (Lipinski definition) is 0. The summed E-state index contributed by atoms with van der Waals surface area (Å²) in [5.74, 6) is -3.75. The van der Waals surface area contributed by atoms with Crippen LogP contribution in [0.3, 0.4) is 0 Å². The van der Waals surface area contributed by atoms with Gasteiger partial charge < -0.3 is 9.47 Å². The van der Waals surface area contributed by atoms with Gasteiger partial charge in [-0.3, -0.25) is 14.4 Å². The summed E-state index contributed by atoms with van der Waals surface area (Å²) in [6, 6.07) is 9.28. The molecule has 0 spiro atoms. The van der Waals surface area contributed by atoms with Crippen molar-refractivity contribution in [3.05, 3.63) is 35.9 Å². The number of carbonyl (C=O) groups excluding carboxylic acids is 3. The molecule has 0 aromatic heterocycles. The highest BCUT2D eigenvalue weighted by Gasteiger charge is 2.47. The van der Waals surface area contributed by atoms with Crippen LogP contribution in [0.25, 0.3) is 0 Å². The molecule has 5 nitrogen and oxygen atoms in total. The number of hydrogen-bond acceptors (Lipinski definition) is 5. The lowest BCUT2D eigenvalue weighted by atomic mass is 9.69. The van der Waals surface area contributed by atoms with Gasteiger partial charge in [0.25, 0.3) is 0 Å². The van der Waals surface area contributed by atoms with Gasteiger partial charge >= 0.3 is 11.9 Å². The Morgan fingerprint density at radius 2 is 1.33 bits per heavy atom. The molecule has 1 atom stereocenters. The van der Waals surface area contributed by atoms with Crippen molar-refractivity contribution < 1.29 is 23.9 Å². The van der Waals surface area contributed by atoms with Crippen LogP contribution < -0.4 is 0 Å². The largest absolute Gasteiger partial charge is 0.465 e. The molecular weight excluding hydrogens is 344 g/mol. The molecule has 0 amide bonds. The van der Waals surface area contributed by atoms with Crippen molar-refractivity contribution in [2.75, 3.05) is 13.2 Å². The molecule has 150 valence electrons. The van der Waals surface area contributed by atoms with E-state index in [2.05, 4.69) is 20.8 Å². The Morgan fingerprint density at radius 3 is 1.74 bits per heavy atom. The average molecular weight is 376 g/mol. The van der Waals surface area contributed by atoms with E-state index in [0.29, 0.717) is 6.42 Å². The minimum Gasteiger partial charge on any atom is -0.465 e. The molecule has 0 heterocycles. The Balaban J connectivity index is 3.36. The van der Waals surface area contributed by atoms with Gasteiger partial charge in [0.1, 0.15) is 0 Å². The molecule has 0 unspecified atom stereocenters. The SMILES string of the molecule is CCOC(=O)C(C(=O)OCC)C(=O)[C@](C)(CCC(C)(C)C)c1ccccc1. The zero-order chi connectivity index (χ0) is 20.7. The highest BCUT2D eigenvalue weighted by atomic mass is 16.6. The van der Waals surface area contributed by atoms with E-state index in [9.17, 15) is 14.4 Å². The molecule has 27 heavy (non-hydrogen) atoms. The van der Waals surface area contributed by atoms with Crippen LogP contribution >= 0.6 is 0 Å². The third kappa shape index (κ3) is 6.19. The van der Waals surface area contributed by atoms with Gasteiger partial charge in [0.2, 0.25) is 5.92 Å². The summed E-state index contributed by atoms with van der Waals surface area (Å²) in [6.07, 6.45) is 1.26. The van der Waals surface area contributed by atoms with Crippen LogP contribution in [-0.2, 0) is 29.3 Å². The molecule has 5 heteroatoms. The van der Waals surface area contributed by atoms with Gasteiger partial charge in [-0.15, -0.1) is 0 Å². The minimum absolute atomic E-state index is 0.000325. The van der Waals surface area contributed by atoms with Crippen LogP contribution in [0.2, 0.25) is 0 Å². The van der Waals surface area contributed by atoms with E-state index < -0.39 is 29.1 Å². The van der Waals surface area contributed by atoms with Gasteiger partial charge in [-0.2, -0.15) is 0 Å². The van der Waals surface area contributed by atoms with Crippen LogP contribution in [0.4, 0.5) is 0 Å². The number of Topliss-reactive ketones (excluding diaryl/α,β-unsaturated/α-hetero) is 1. The second-order valence-electron chi connectivity index (χ2n) is 8.06.